The molecule has 0 spiro atoms. The van der Waals surface area contributed by atoms with E-state index in [-0.39, 0.29) is 12.1 Å². The molecule has 80 valence electrons. The van der Waals surface area contributed by atoms with Crippen molar-refractivity contribution >= 4 is 5.91 Å². The lowest BCUT2D eigenvalue weighted by Gasteiger charge is -2.15. The van der Waals surface area contributed by atoms with Crippen LogP contribution in [0.15, 0.2) is 24.3 Å². The van der Waals surface area contributed by atoms with Crippen LogP contribution in [0.5, 0.6) is 0 Å². The van der Waals surface area contributed by atoms with Gasteiger partial charge in [-0.2, -0.15) is 0 Å². The van der Waals surface area contributed by atoms with E-state index in [4.69, 9.17) is 0 Å². The highest BCUT2D eigenvalue weighted by Gasteiger charge is 2.14. The highest BCUT2D eigenvalue weighted by atomic mass is 16.1. The van der Waals surface area contributed by atoms with Crippen LogP contribution in [0, 0.1) is 0 Å². The number of nitrogens with one attached hydrogen (secondary N) is 2. The molecule has 0 aliphatic carbocycles. The quantitative estimate of drug-likeness (QED) is 0.721. The Hall–Kier alpha value is -1.35. The summed E-state index contributed by atoms with van der Waals surface area (Å²) < 4.78 is 0. The van der Waals surface area contributed by atoms with E-state index >= 15 is 0 Å². The minimum Gasteiger partial charge on any atom is -0.341 e. The smallest absolute Gasteiger partial charge is 0.218 e. The molecule has 1 aliphatic heterocycles. The summed E-state index contributed by atoms with van der Waals surface area (Å²) in [6, 6.07) is 8.42. The number of hydrogen-bond donors (Lipinski definition) is 2. The van der Waals surface area contributed by atoms with Crippen molar-refractivity contribution in [2.75, 3.05) is 0 Å². The molecule has 0 radical (unpaired) electrons. The van der Waals surface area contributed by atoms with Crippen LogP contribution >= 0.6 is 0 Å². The van der Waals surface area contributed by atoms with Crippen LogP contribution in [0.3, 0.4) is 0 Å². The van der Waals surface area contributed by atoms with Crippen molar-refractivity contribution in [1.29, 1.82) is 0 Å². The molecule has 2 N–H and O–H groups in total. The molecule has 0 saturated carbocycles. The maximum Gasteiger partial charge on any atom is 0.218 e. The second kappa shape index (κ2) is 4.45. The van der Waals surface area contributed by atoms with Crippen LogP contribution < -0.4 is 10.6 Å². The molecule has 3 nitrogen and oxygen atoms in total. The van der Waals surface area contributed by atoms with Gasteiger partial charge in [0.2, 0.25) is 5.91 Å². The van der Waals surface area contributed by atoms with Gasteiger partial charge in [0.15, 0.2) is 0 Å². The van der Waals surface area contributed by atoms with Gasteiger partial charge >= 0.3 is 0 Å². The highest BCUT2D eigenvalue weighted by Crippen LogP contribution is 2.15. The van der Waals surface area contributed by atoms with Crippen molar-refractivity contribution < 1.29 is 4.79 Å². The summed E-state index contributed by atoms with van der Waals surface area (Å²) in [5.74, 6) is 0.0263. The second-order valence-electron chi connectivity index (χ2n) is 3.94. The fourth-order valence-electron chi connectivity index (χ4n) is 1.98. The normalized spacial score (nSPS) is 20.2. The fourth-order valence-corrected chi connectivity index (χ4v) is 1.98. The van der Waals surface area contributed by atoms with Crippen LogP contribution in [0.2, 0.25) is 0 Å². The first-order valence-electron chi connectivity index (χ1n) is 5.33. The average Bonchev–Trinajstić information content (AvgIpc) is 2.41. The summed E-state index contributed by atoms with van der Waals surface area (Å²) in [4.78, 5) is 10.9. The van der Waals surface area contributed by atoms with E-state index in [1.807, 2.05) is 0 Å². The zero-order valence-electron chi connectivity index (χ0n) is 8.92. The summed E-state index contributed by atoms with van der Waals surface area (Å²) in [5.41, 5.74) is 2.73. The molecular formula is C12H16N2O. The minimum atomic E-state index is 0.0263. The number of fused-ring (bicyclic) bond motifs is 1. The van der Waals surface area contributed by atoms with Gasteiger partial charge < -0.3 is 5.32 Å². The summed E-state index contributed by atoms with van der Waals surface area (Å²) >= 11 is 0. The van der Waals surface area contributed by atoms with E-state index in [1.165, 1.54) is 11.1 Å². The predicted octanol–water partition coefficient (Wildman–Crippen LogP) is 1.18. The van der Waals surface area contributed by atoms with Gasteiger partial charge in [-0.05, 0) is 24.0 Å². The first-order chi connectivity index (χ1) is 7.25. The molecule has 1 heterocycles. The number of hydrogen-bond acceptors (Lipinski definition) is 2. The Morgan fingerprint density at radius 2 is 2.13 bits per heavy atom. The van der Waals surface area contributed by atoms with Crippen molar-refractivity contribution in [3.05, 3.63) is 35.4 Å². The number of aryl methyl sites for hydroxylation is 1. The Morgan fingerprint density at radius 3 is 2.87 bits per heavy atom. The van der Waals surface area contributed by atoms with E-state index in [0.29, 0.717) is 0 Å². The molecule has 15 heavy (non-hydrogen) atoms. The molecule has 1 aromatic rings. The molecule has 1 aliphatic rings. The topological polar surface area (TPSA) is 41.1 Å². The van der Waals surface area contributed by atoms with Gasteiger partial charge in [0.25, 0.3) is 0 Å². The Bertz CT molecular complexity index is 335. The maximum atomic E-state index is 10.9. The minimum absolute atomic E-state index is 0.0263. The molecule has 1 unspecified atom stereocenters. The largest absolute Gasteiger partial charge is 0.341 e. The third-order valence-electron chi connectivity index (χ3n) is 2.74. The lowest BCUT2D eigenvalue weighted by molar-refractivity contribution is -0.119. The van der Waals surface area contributed by atoms with Gasteiger partial charge in [-0.15, -0.1) is 0 Å². The monoisotopic (exact) mass is 204 g/mol. The van der Waals surface area contributed by atoms with Gasteiger partial charge in [-0.25, -0.2) is 0 Å². The molecule has 2 rings (SSSR count). The van der Waals surface area contributed by atoms with Gasteiger partial charge in [-0.1, -0.05) is 24.3 Å². The summed E-state index contributed by atoms with van der Waals surface area (Å²) in [7, 11) is 0. The molecule has 0 saturated heterocycles. The van der Waals surface area contributed by atoms with E-state index in [9.17, 15) is 4.79 Å². The van der Waals surface area contributed by atoms with Crippen LogP contribution in [0.1, 0.15) is 24.5 Å². The van der Waals surface area contributed by atoms with Gasteiger partial charge in [0, 0.05) is 13.5 Å². The first kappa shape index (κ1) is 10.2. The number of carbonyl (C=O) groups is 1. The SMILES string of the molecule is CC(=O)NC1CCc2ccccc2CN1. The van der Waals surface area contributed by atoms with E-state index < -0.39 is 0 Å². The van der Waals surface area contributed by atoms with E-state index in [0.717, 1.165) is 19.4 Å². The average molecular weight is 204 g/mol. The molecule has 1 aromatic carbocycles. The number of rotatable bonds is 1. The van der Waals surface area contributed by atoms with Crippen LogP contribution in [0.25, 0.3) is 0 Å². The van der Waals surface area contributed by atoms with Gasteiger partial charge in [0.05, 0.1) is 6.17 Å². The van der Waals surface area contributed by atoms with Crippen molar-refractivity contribution in [1.82, 2.24) is 10.6 Å². The first-order valence-corrected chi connectivity index (χ1v) is 5.33. The lowest BCUT2D eigenvalue weighted by Crippen LogP contribution is -2.43. The van der Waals surface area contributed by atoms with Crippen molar-refractivity contribution in [2.45, 2.75) is 32.5 Å². The van der Waals surface area contributed by atoms with Crippen molar-refractivity contribution in [3.8, 4) is 0 Å². The van der Waals surface area contributed by atoms with E-state index in [2.05, 4.69) is 34.9 Å². The molecule has 1 amide bonds. The lowest BCUT2D eigenvalue weighted by atomic mass is 10.0. The number of benzene rings is 1. The maximum absolute atomic E-state index is 10.9. The van der Waals surface area contributed by atoms with Gasteiger partial charge in [-0.3, -0.25) is 10.1 Å². The molecule has 3 heteroatoms. The Kier molecular flexibility index (Phi) is 3.02. The predicted molar refractivity (Wildman–Crippen MR) is 59.2 cm³/mol. The number of amides is 1. The standard InChI is InChI=1S/C12H16N2O/c1-9(15)14-12-7-6-10-4-2-3-5-11(10)8-13-12/h2-5,12-13H,6-8H2,1H3,(H,14,15). The summed E-state index contributed by atoms with van der Waals surface area (Å²) in [5, 5.41) is 6.24. The molecule has 0 fully saturated rings. The van der Waals surface area contributed by atoms with Gasteiger partial charge in [0.1, 0.15) is 0 Å². The summed E-state index contributed by atoms with van der Waals surface area (Å²) in [6.45, 7) is 2.39. The zero-order chi connectivity index (χ0) is 10.7. The number of carbonyl (C=O) groups excluding carboxylic acids is 1. The Balaban J connectivity index is 2.05. The summed E-state index contributed by atoms with van der Waals surface area (Å²) in [6.07, 6.45) is 2.08. The third kappa shape index (κ3) is 2.57. The van der Waals surface area contributed by atoms with Crippen LogP contribution in [0.4, 0.5) is 0 Å². The van der Waals surface area contributed by atoms with Crippen molar-refractivity contribution in [3.63, 3.8) is 0 Å². The van der Waals surface area contributed by atoms with Crippen LogP contribution in [-0.2, 0) is 17.8 Å². The van der Waals surface area contributed by atoms with E-state index in [1.54, 1.807) is 6.92 Å². The Labute approximate surface area is 89.9 Å². The zero-order valence-corrected chi connectivity index (χ0v) is 8.92. The fraction of sp³-hybridized carbons (Fsp3) is 0.417. The van der Waals surface area contributed by atoms with Crippen molar-refractivity contribution in [2.24, 2.45) is 0 Å². The molecule has 0 bridgehead atoms. The van der Waals surface area contributed by atoms with Crippen LogP contribution in [-0.4, -0.2) is 12.1 Å². The molecular weight excluding hydrogens is 188 g/mol. The highest BCUT2D eigenvalue weighted by molar-refractivity contribution is 5.73. The molecule has 0 aromatic heterocycles. The Morgan fingerprint density at radius 1 is 1.40 bits per heavy atom. The second-order valence-corrected chi connectivity index (χ2v) is 3.94. The molecule has 1 atom stereocenters. The third-order valence-corrected chi connectivity index (χ3v) is 2.74.